The fourth-order valence-electron chi connectivity index (χ4n) is 4.89. The highest BCUT2D eigenvalue weighted by Crippen LogP contribution is 2.42. The number of fused-ring (bicyclic) bond motifs is 1. The van der Waals surface area contributed by atoms with Crippen LogP contribution in [-0.2, 0) is 28.7 Å². The summed E-state index contributed by atoms with van der Waals surface area (Å²) < 4.78 is 17.0. The molecule has 5 rings (SSSR count). The smallest absolute Gasteiger partial charge is 0.356 e. The van der Waals surface area contributed by atoms with E-state index in [0.717, 1.165) is 11.1 Å². The Balaban J connectivity index is 1.38. The minimum absolute atomic E-state index is 0.0281. The molecule has 0 spiro atoms. The number of para-hydroxylation sites is 1. The first-order valence-corrected chi connectivity index (χ1v) is 14.5. The number of hydrogen-bond acceptors (Lipinski definition) is 8. The highest BCUT2D eigenvalue weighted by Gasteiger charge is 2.55. The first-order chi connectivity index (χ1) is 20.3. The summed E-state index contributed by atoms with van der Waals surface area (Å²) in [7, 11) is 0. The lowest BCUT2D eigenvalue weighted by Gasteiger charge is -2.50. The largest absolute Gasteiger partial charge is 0.484 e. The van der Waals surface area contributed by atoms with E-state index in [1.807, 2.05) is 66.7 Å². The van der Waals surface area contributed by atoms with Crippen LogP contribution < -0.4 is 10.1 Å². The lowest BCUT2D eigenvalue weighted by atomic mass is 9.99. The molecule has 2 aliphatic rings. The molecule has 42 heavy (non-hydrogen) atoms. The molecule has 2 amide bonds. The molecule has 2 heterocycles. The molecule has 0 bridgehead atoms. The number of rotatable bonds is 10. The predicted molar refractivity (Wildman–Crippen MR) is 156 cm³/mol. The van der Waals surface area contributed by atoms with Crippen LogP contribution in [0.3, 0.4) is 0 Å². The molecule has 3 aromatic carbocycles. The van der Waals surface area contributed by atoms with Crippen molar-refractivity contribution in [1.29, 1.82) is 0 Å². The monoisotopic (exact) mass is 586 g/mol. The lowest BCUT2D eigenvalue weighted by molar-refractivity contribution is -0.155. The van der Waals surface area contributed by atoms with E-state index in [4.69, 9.17) is 14.2 Å². The van der Waals surface area contributed by atoms with Gasteiger partial charge >= 0.3 is 11.9 Å². The molecule has 3 atom stereocenters. The molecule has 1 N–H and O–H groups in total. The average molecular weight is 587 g/mol. The van der Waals surface area contributed by atoms with Crippen LogP contribution in [0.5, 0.6) is 5.75 Å². The number of ether oxygens (including phenoxy) is 3. The fraction of sp³-hybridized carbons (Fsp3) is 0.250. The van der Waals surface area contributed by atoms with Crippen LogP contribution in [0.2, 0.25) is 0 Å². The first-order valence-electron chi connectivity index (χ1n) is 13.5. The second kappa shape index (κ2) is 12.9. The Labute approximate surface area is 247 Å². The van der Waals surface area contributed by atoms with Crippen LogP contribution in [0.25, 0.3) is 0 Å². The normalized spacial score (nSPS) is 18.5. The summed E-state index contributed by atoms with van der Waals surface area (Å²) in [6, 6.07) is 26.6. The van der Waals surface area contributed by atoms with Crippen molar-refractivity contribution in [3.63, 3.8) is 0 Å². The average Bonchev–Trinajstić information content (AvgIpc) is 3.01. The van der Waals surface area contributed by atoms with Gasteiger partial charge in [0.05, 0.1) is 0 Å². The van der Waals surface area contributed by atoms with Crippen molar-refractivity contribution in [3.8, 4) is 5.75 Å². The molecule has 0 aliphatic carbocycles. The van der Waals surface area contributed by atoms with E-state index < -0.39 is 47.4 Å². The summed E-state index contributed by atoms with van der Waals surface area (Å²) in [5.41, 5.74) is 2.00. The molecular formula is C32H30N2O7S. The predicted octanol–water partition coefficient (Wildman–Crippen LogP) is 4.00. The van der Waals surface area contributed by atoms with Crippen molar-refractivity contribution in [2.45, 2.75) is 37.5 Å². The van der Waals surface area contributed by atoms with E-state index in [2.05, 4.69) is 5.32 Å². The Hall–Kier alpha value is -4.57. The highest BCUT2D eigenvalue weighted by molar-refractivity contribution is 8.00. The Morgan fingerprint density at radius 1 is 0.905 bits per heavy atom. The van der Waals surface area contributed by atoms with Gasteiger partial charge < -0.3 is 19.5 Å². The van der Waals surface area contributed by atoms with Crippen molar-refractivity contribution in [2.75, 3.05) is 12.4 Å². The van der Waals surface area contributed by atoms with Gasteiger partial charge in [-0.3, -0.25) is 19.3 Å². The summed E-state index contributed by atoms with van der Waals surface area (Å²) >= 11 is 1.37. The zero-order valence-electron chi connectivity index (χ0n) is 23.1. The van der Waals surface area contributed by atoms with Gasteiger partial charge in [-0.25, -0.2) is 4.79 Å². The fourth-order valence-corrected chi connectivity index (χ4v) is 6.35. The van der Waals surface area contributed by atoms with Crippen LogP contribution in [0.4, 0.5) is 0 Å². The second-order valence-corrected chi connectivity index (χ2v) is 10.9. The number of nitrogens with zero attached hydrogens (tertiary/aromatic N) is 1. The van der Waals surface area contributed by atoms with Crippen molar-refractivity contribution in [2.24, 2.45) is 0 Å². The molecule has 9 nitrogen and oxygen atoms in total. The molecule has 2 unspecified atom stereocenters. The molecule has 0 aromatic heterocycles. The van der Waals surface area contributed by atoms with Gasteiger partial charge in [0, 0.05) is 18.2 Å². The molecule has 1 saturated heterocycles. The maximum Gasteiger partial charge on any atom is 0.356 e. The first kappa shape index (κ1) is 28.9. The van der Waals surface area contributed by atoms with Crippen LogP contribution in [0, 0.1) is 0 Å². The third-order valence-electron chi connectivity index (χ3n) is 6.88. The molecule has 0 saturated carbocycles. The number of carbonyl (C=O) groups excluding carboxylic acids is 4. The van der Waals surface area contributed by atoms with Crippen molar-refractivity contribution < 1.29 is 33.4 Å². The third kappa shape index (κ3) is 6.33. The zero-order valence-corrected chi connectivity index (χ0v) is 23.9. The van der Waals surface area contributed by atoms with E-state index in [9.17, 15) is 19.2 Å². The van der Waals surface area contributed by atoms with Gasteiger partial charge in [0.15, 0.2) is 12.7 Å². The third-order valence-corrected chi connectivity index (χ3v) is 8.19. The zero-order chi connectivity index (χ0) is 29.6. The number of amides is 2. The molecule has 1 fully saturated rings. The van der Waals surface area contributed by atoms with Gasteiger partial charge in [-0.15, -0.1) is 11.8 Å². The molecule has 2 aliphatic heterocycles. The van der Waals surface area contributed by atoms with Crippen LogP contribution >= 0.6 is 11.8 Å². The van der Waals surface area contributed by atoms with Crippen molar-refractivity contribution in [1.82, 2.24) is 10.2 Å². The van der Waals surface area contributed by atoms with Gasteiger partial charge in [0.1, 0.15) is 29.0 Å². The van der Waals surface area contributed by atoms with Crippen molar-refractivity contribution >= 4 is 35.5 Å². The second-order valence-electron chi connectivity index (χ2n) is 9.79. The van der Waals surface area contributed by atoms with Crippen LogP contribution in [-0.4, -0.2) is 58.5 Å². The Kier molecular flexibility index (Phi) is 8.92. The summed E-state index contributed by atoms with van der Waals surface area (Å²) in [6.45, 7) is 2.67. The quantitative estimate of drug-likeness (QED) is 0.280. The number of thioether (sulfide) groups is 1. The summed E-state index contributed by atoms with van der Waals surface area (Å²) in [5, 5.41) is 2.19. The van der Waals surface area contributed by atoms with Crippen LogP contribution in [0.15, 0.2) is 102 Å². The van der Waals surface area contributed by atoms with E-state index in [0.29, 0.717) is 17.1 Å². The van der Waals surface area contributed by atoms with Crippen LogP contribution in [0.1, 0.15) is 31.1 Å². The Morgan fingerprint density at radius 3 is 2.05 bits per heavy atom. The summed E-state index contributed by atoms with van der Waals surface area (Å²) in [4.78, 5) is 53.1. The number of carbonyl (C=O) groups is 4. The van der Waals surface area contributed by atoms with Crippen molar-refractivity contribution in [3.05, 3.63) is 113 Å². The molecule has 3 aromatic rings. The van der Waals surface area contributed by atoms with Gasteiger partial charge in [0.25, 0.3) is 11.8 Å². The number of nitrogens with one attached hydrogen (secondary N) is 1. The Bertz CT molecular complexity index is 1440. The number of benzene rings is 3. The SMILES string of the molecule is CC(=O)OC(C)C1=C(C(=O)OC(c2ccccc2)c2ccccc2)N2C(=O)C(NC(=O)COc3ccccc3)[C@H]2SC1. The molecule has 216 valence electrons. The minimum Gasteiger partial charge on any atom is -0.484 e. The van der Waals surface area contributed by atoms with Gasteiger partial charge in [0.2, 0.25) is 0 Å². The van der Waals surface area contributed by atoms with Gasteiger partial charge in [-0.2, -0.15) is 0 Å². The van der Waals surface area contributed by atoms with E-state index in [1.165, 1.54) is 23.6 Å². The number of esters is 2. The Morgan fingerprint density at radius 2 is 1.48 bits per heavy atom. The van der Waals surface area contributed by atoms with Gasteiger partial charge in [-0.1, -0.05) is 78.9 Å². The van der Waals surface area contributed by atoms with E-state index in [-0.39, 0.29) is 12.3 Å². The highest BCUT2D eigenvalue weighted by atomic mass is 32.2. The number of hydrogen-bond donors (Lipinski definition) is 1. The van der Waals surface area contributed by atoms with Gasteiger partial charge in [-0.05, 0) is 30.2 Å². The topological polar surface area (TPSA) is 111 Å². The summed E-state index contributed by atoms with van der Waals surface area (Å²) in [5.74, 6) is -1.34. The molecule has 0 radical (unpaired) electrons. The molecular weight excluding hydrogens is 556 g/mol. The minimum atomic E-state index is -0.853. The van der Waals surface area contributed by atoms with E-state index in [1.54, 1.807) is 31.2 Å². The maximum absolute atomic E-state index is 13.9. The number of β-lactam (4-membered cyclic amide) rings is 1. The maximum atomic E-state index is 13.9. The lowest BCUT2D eigenvalue weighted by Crippen LogP contribution is -2.71. The summed E-state index contributed by atoms with van der Waals surface area (Å²) in [6.07, 6.45) is -1.51. The molecule has 10 heteroatoms. The standard InChI is InChI=1S/C32H30N2O7S/c1-20(40-21(2)35)25-19-42-31-27(33-26(36)18-39-24-16-10-5-11-17-24)30(37)34(31)28(25)32(38)41-29(22-12-6-3-7-13-22)23-14-8-4-9-15-23/h3-17,20,27,29,31H,18-19H2,1-2H3,(H,33,36)/t20?,27?,31-/m1/s1. The van der Waals surface area contributed by atoms with E-state index >= 15 is 0 Å².